The van der Waals surface area contributed by atoms with Crippen LogP contribution in [0.15, 0.2) is 23.6 Å². The van der Waals surface area contributed by atoms with Crippen LogP contribution < -0.4 is 5.73 Å². The summed E-state index contributed by atoms with van der Waals surface area (Å²) < 4.78 is 14.1. The highest BCUT2D eigenvalue weighted by molar-refractivity contribution is 7.17. The van der Waals surface area contributed by atoms with E-state index in [9.17, 15) is 4.39 Å². The Kier molecular flexibility index (Phi) is 1.96. The molecule has 0 bridgehead atoms. The number of anilines is 1. The van der Waals surface area contributed by atoms with Crippen molar-refractivity contribution >= 4 is 27.1 Å². The van der Waals surface area contributed by atoms with Crippen molar-refractivity contribution in [2.75, 3.05) is 5.73 Å². The molecule has 0 saturated carbocycles. The molecule has 0 aliphatic heterocycles. The van der Waals surface area contributed by atoms with E-state index in [4.69, 9.17) is 5.73 Å². The molecule has 0 spiro atoms. The molecule has 1 atom stereocenters. The number of alkyl halides is 1. The van der Waals surface area contributed by atoms with Gasteiger partial charge in [-0.3, -0.25) is 0 Å². The highest BCUT2D eigenvalue weighted by Gasteiger charge is 2.09. The van der Waals surface area contributed by atoms with Crippen LogP contribution in [-0.4, -0.2) is 0 Å². The van der Waals surface area contributed by atoms with Gasteiger partial charge in [-0.2, -0.15) is 0 Å². The number of nitrogens with two attached hydrogens (primary N) is 1. The molecule has 1 aromatic carbocycles. The molecule has 1 aromatic heterocycles. The molecule has 1 heterocycles. The van der Waals surface area contributed by atoms with Gasteiger partial charge in [-0.25, -0.2) is 4.39 Å². The largest absolute Gasteiger partial charge is 0.399 e. The van der Waals surface area contributed by atoms with Gasteiger partial charge in [0.05, 0.1) is 0 Å². The maximum Gasteiger partial charge on any atom is 0.124 e. The summed E-state index contributed by atoms with van der Waals surface area (Å²) in [7, 11) is 0. The third-order valence-electron chi connectivity index (χ3n) is 2.06. The summed E-state index contributed by atoms with van der Waals surface area (Å²) in [5.74, 6) is 0. The predicted molar refractivity (Wildman–Crippen MR) is 55.8 cm³/mol. The average molecular weight is 195 g/mol. The lowest BCUT2D eigenvalue weighted by molar-refractivity contribution is 0.377. The summed E-state index contributed by atoms with van der Waals surface area (Å²) in [6.07, 6.45) is -0.905. The summed E-state index contributed by atoms with van der Waals surface area (Å²) >= 11 is 1.54. The number of nitrogen functional groups attached to an aromatic ring is 1. The number of halogens is 1. The van der Waals surface area contributed by atoms with E-state index in [0.29, 0.717) is 0 Å². The summed E-state index contributed by atoms with van der Waals surface area (Å²) in [5.41, 5.74) is 7.12. The number of rotatable bonds is 1. The Bertz CT molecular complexity index is 433. The smallest absolute Gasteiger partial charge is 0.124 e. The standard InChI is InChI=1S/C10H10FNS/c1-6(11)9-5-13-10-4-7(12)2-3-8(9)10/h2-6H,12H2,1H3. The third-order valence-corrected chi connectivity index (χ3v) is 3.02. The maximum absolute atomic E-state index is 13.1. The lowest BCUT2D eigenvalue weighted by Gasteiger charge is -1.99. The fraction of sp³-hybridized carbons (Fsp3) is 0.200. The summed E-state index contributed by atoms with van der Waals surface area (Å²) in [6.45, 7) is 1.55. The van der Waals surface area contributed by atoms with Gasteiger partial charge in [0.2, 0.25) is 0 Å². The normalized spacial score (nSPS) is 13.4. The zero-order chi connectivity index (χ0) is 9.42. The minimum atomic E-state index is -0.905. The van der Waals surface area contributed by atoms with Gasteiger partial charge < -0.3 is 5.73 Å². The maximum atomic E-state index is 13.1. The Morgan fingerprint density at radius 2 is 2.23 bits per heavy atom. The zero-order valence-corrected chi connectivity index (χ0v) is 8.07. The van der Waals surface area contributed by atoms with E-state index in [1.807, 2.05) is 17.5 Å². The van der Waals surface area contributed by atoms with Crippen LogP contribution in [0.4, 0.5) is 10.1 Å². The van der Waals surface area contributed by atoms with E-state index in [0.717, 1.165) is 21.3 Å². The van der Waals surface area contributed by atoms with Crippen molar-refractivity contribution < 1.29 is 4.39 Å². The SMILES string of the molecule is CC(F)c1csc2cc(N)ccc12. The van der Waals surface area contributed by atoms with E-state index in [1.54, 1.807) is 13.0 Å². The molecule has 1 unspecified atom stereocenters. The first-order valence-corrected chi connectivity index (χ1v) is 4.97. The molecule has 1 nitrogen and oxygen atoms in total. The molecule has 3 heteroatoms. The van der Waals surface area contributed by atoms with Crippen LogP contribution in [-0.2, 0) is 0 Å². The zero-order valence-electron chi connectivity index (χ0n) is 7.25. The van der Waals surface area contributed by atoms with Crippen LogP contribution in [0.5, 0.6) is 0 Å². The Balaban J connectivity index is 2.69. The molecular formula is C10H10FNS. The second-order valence-electron chi connectivity index (χ2n) is 3.06. The predicted octanol–water partition coefficient (Wildman–Crippen LogP) is 3.51. The van der Waals surface area contributed by atoms with Crippen molar-refractivity contribution in [3.05, 3.63) is 29.1 Å². The topological polar surface area (TPSA) is 26.0 Å². The number of hydrogen-bond donors (Lipinski definition) is 1. The summed E-state index contributed by atoms with van der Waals surface area (Å²) in [5, 5.41) is 2.84. The van der Waals surface area contributed by atoms with Crippen molar-refractivity contribution in [1.82, 2.24) is 0 Å². The van der Waals surface area contributed by atoms with Gasteiger partial charge in [-0.05, 0) is 29.8 Å². The summed E-state index contributed by atoms with van der Waals surface area (Å²) in [6, 6.07) is 5.57. The van der Waals surface area contributed by atoms with Gasteiger partial charge >= 0.3 is 0 Å². The molecule has 0 aliphatic rings. The molecule has 0 radical (unpaired) electrons. The van der Waals surface area contributed by atoms with Gasteiger partial charge in [0.1, 0.15) is 6.17 Å². The molecule has 0 saturated heterocycles. The van der Waals surface area contributed by atoms with Gasteiger partial charge in [-0.1, -0.05) is 6.07 Å². The number of hydrogen-bond acceptors (Lipinski definition) is 2. The molecular weight excluding hydrogens is 185 g/mol. The van der Waals surface area contributed by atoms with Crippen LogP contribution in [0.2, 0.25) is 0 Å². The summed E-state index contributed by atoms with van der Waals surface area (Å²) in [4.78, 5) is 0. The quantitative estimate of drug-likeness (QED) is 0.692. The first-order valence-electron chi connectivity index (χ1n) is 4.09. The molecule has 0 fully saturated rings. The van der Waals surface area contributed by atoms with Crippen molar-refractivity contribution in [1.29, 1.82) is 0 Å². The lowest BCUT2D eigenvalue weighted by atomic mass is 10.1. The Hall–Kier alpha value is -1.09. The van der Waals surface area contributed by atoms with Crippen LogP contribution in [0.25, 0.3) is 10.1 Å². The molecule has 0 amide bonds. The number of thiophene rings is 1. The molecule has 0 aliphatic carbocycles. The highest BCUT2D eigenvalue weighted by Crippen LogP contribution is 2.32. The minimum absolute atomic E-state index is 0.729. The third kappa shape index (κ3) is 1.40. The average Bonchev–Trinajstić information content (AvgIpc) is 2.46. The monoisotopic (exact) mass is 195 g/mol. The molecule has 2 rings (SSSR count). The Labute approximate surface area is 80.0 Å². The first-order chi connectivity index (χ1) is 6.18. The van der Waals surface area contributed by atoms with Crippen molar-refractivity contribution in [2.24, 2.45) is 0 Å². The minimum Gasteiger partial charge on any atom is -0.399 e. The van der Waals surface area contributed by atoms with Crippen molar-refractivity contribution in [3.8, 4) is 0 Å². The van der Waals surface area contributed by atoms with Crippen molar-refractivity contribution in [3.63, 3.8) is 0 Å². The van der Waals surface area contributed by atoms with Crippen LogP contribution >= 0.6 is 11.3 Å². The van der Waals surface area contributed by atoms with Crippen LogP contribution in [0.3, 0.4) is 0 Å². The van der Waals surface area contributed by atoms with Crippen molar-refractivity contribution in [2.45, 2.75) is 13.1 Å². The van der Waals surface area contributed by atoms with Gasteiger partial charge in [-0.15, -0.1) is 11.3 Å². The molecule has 2 aromatic rings. The second-order valence-corrected chi connectivity index (χ2v) is 3.97. The van der Waals surface area contributed by atoms with Crippen LogP contribution in [0, 0.1) is 0 Å². The van der Waals surface area contributed by atoms with Gasteiger partial charge in [0.15, 0.2) is 0 Å². The van der Waals surface area contributed by atoms with Crippen LogP contribution in [0.1, 0.15) is 18.7 Å². The second kappa shape index (κ2) is 3.00. The van der Waals surface area contributed by atoms with E-state index in [2.05, 4.69) is 0 Å². The molecule has 68 valence electrons. The highest BCUT2D eigenvalue weighted by atomic mass is 32.1. The Morgan fingerprint density at radius 3 is 2.92 bits per heavy atom. The van der Waals surface area contributed by atoms with E-state index < -0.39 is 6.17 Å². The van der Waals surface area contributed by atoms with E-state index in [-0.39, 0.29) is 0 Å². The molecule has 2 N–H and O–H groups in total. The van der Waals surface area contributed by atoms with E-state index >= 15 is 0 Å². The van der Waals surface area contributed by atoms with Gasteiger partial charge in [0, 0.05) is 16.0 Å². The fourth-order valence-electron chi connectivity index (χ4n) is 1.37. The number of fused-ring (bicyclic) bond motifs is 1. The molecule has 13 heavy (non-hydrogen) atoms. The van der Waals surface area contributed by atoms with E-state index in [1.165, 1.54) is 11.3 Å². The first kappa shape index (κ1) is 8.51. The fourth-order valence-corrected chi connectivity index (χ4v) is 2.46. The van der Waals surface area contributed by atoms with Gasteiger partial charge in [0.25, 0.3) is 0 Å². The Morgan fingerprint density at radius 1 is 1.46 bits per heavy atom. The lowest BCUT2D eigenvalue weighted by Crippen LogP contribution is -1.84. The number of benzene rings is 1.